The molecule has 2 aromatic carbocycles. The third-order valence-corrected chi connectivity index (χ3v) is 5.59. The molecule has 5 nitrogen and oxygen atoms in total. The number of hydrogen-bond donors (Lipinski definition) is 2. The van der Waals surface area contributed by atoms with Crippen LogP contribution < -0.4 is 10.6 Å². The minimum absolute atomic E-state index is 0.00414. The molecule has 2 aromatic rings. The van der Waals surface area contributed by atoms with E-state index in [1.54, 1.807) is 17.0 Å². The molecule has 0 bridgehead atoms. The van der Waals surface area contributed by atoms with Crippen LogP contribution in [0.3, 0.4) is 0 Å². The van der Waals surface area contributed by atoms with Crippen molar-refractivity contribution in [3.05, 3.63) is 59.2 Å². The molecule has 0 saturated carbocycles. The Bertz CT molecular complexity index is 948. The quantitative estimate of drug-likeness (QED) is 0.772. The third kappa shape index (κ3) is 4.39. The summed E-state index contributed by atoms with van der Waals surface area (Å²) in [6, 6.07) is 8.65. The summed E-state index contributed by atoms with van der Waals surface area (Å²) in [6.45, 7) is 0.910. The van der Waals surface area contributed by atoms with Crippen molar-refractivity contribution >= 4 is 23.3 Å². The molecule has 0 radical (unpaired) electrons. The maximum Gasteiger partial charge on any atom is 0.321 e. The number of benzene rings is 2. The number of fused-ring (bicyclic) bond motifs is 1. The molecule has 1 atom stereocenters. The van der Waals surface area contributed by atoms with Gasteiger partial charge in [0.1, 0.15) is 11.6 Å². The van der Waals surface area contributed by atoms with Crippen LogP contribution in [0.1, 0.15) is 42.7 Å². The van der Waals surface area contributed by atoms with Crippen LogP contribution >= 0.6 is 0 Å². The summed E-state index contributed by atoms with van der Waals surface area (Å²) in [4.78, 5) is 26.1. The molecule has 2 aliphatic heterocycles. The lowest BCUT2D eigenvalue weighted by atomic mass is 9.90. The fraction of sp³-hybridized carbons (Fsp3) is 0.364. The topological polar surface area (TPSA) is 61.4 Å². The summed E-state index contributed by atoms with van der Waals surface area (Å²) in [6.07, 6.45) is 3.46. The summed E-state index contributed by atoms with van der Waals surface area (Å²) in [5.41, 5.74) is 2.75. The first-order valence-electron chi connectivity index (χ1n) is 9.93. The van der Waals surface area contributed by atoms with Crippen LogP contribution in [0.25, 0.3) is 0 Å². The average molecular weight is 399 g/mol. The van der Waals surface area contributed by atoms with E-state index in [0.29, 0.717) is 37.2 Å². The number of piperidine rings is 1. The van der Waals surface area contributed by atoms with E-state index in [1.807, 2.05) is 6.07 Å². The number of amides is 3. The lowest BCUT2D eigenvalue weighted by Crippen LogP contribution is -2.41. The van der Waals surface area contributed by atoms with Crippen LogP contribution in [-0.2, 0) is 11.2 Å². The monoisotopic (exact) mass is 399 g/mol. The molecule has 1 saturated heterocycles. The molecule has 2 heterocycles. The van der Waals surface area contributed by atoms with Gasteiger partial charge in [-0.25, -0.2) is 13.6 Å². The van der Waals surface area contributed by atoms with E-state index in [2.05, 4.69) is 10.6 Å². The highest BCUT2D eigenvalue weighted by Gasteiger charge is 2.27. The van der Waals surface area contributed by atoms with Crippen molar-refractivity contribution in [2.45, 2.75) is 38.0 Å². The number of urea groups is 1. The molecule has 0 aromatic heterocycles. The van der Waals surface area contributed by atoms with E-state index < -0.39 is 11.6 Å². The van der Waals surface area contributed by atoms with Crippen molar-refractivity contribution < 1.29 is 18.4 Å². The second kappa shape index (κ2) is 8.19. The summed E-state index contributed by atoms with van der Waals surface area (Å²) in [7, 11) is 0. The maximum absolute atomic E-state index is 14.1. The number of carbonyl (C=O) groups excluding carboxylic acids is 2. The van der Waals surface area contributed by atoms with Crippen LogP contribution in [0.4, 0.5) is 25.0 Å². The van der Waals surface area contributed by atoms with E-state index in [4.69, 9.17) is 0 Å². The number of anilines is 2. The Balaban J connectivity index is 1.45. The van der Waals surface area contributed by atoms with Crippen LogP contribution in [-0.4, -0.2) is 29.9 Å². The van der Waals surface area contributed by atoms with Crippen LogP contribution in [0, 0.1) is 11.6 Å². The fourth-order valence-electron chi connectivity index (χ4n) is 4.10. The normalized spacial score (nSPS) is 19.2. The molecule has 1 fully saturated rings. The average Bonchev–Trinajstić information content (AvgIpc) is 2.90. The molecule has 152 valence electrons. The van der Waals surface area contributed by atoms with Gasteiger partial charge in [0, 0.05) is 36.8 Å². The zero-order chi connectivity index (χ0) is 20.4. The largest absolute Gasteiger partial charge is 0.326 e. The van der Waals surface area contributed by atoms with Crippen molar-refractivity contribution in [2.75, 3.05) is 23.7 Å². The number of hydrogen-bond acceptors (Lipinski definition) is 2. The predicted octanol–water partition coefficient (Wildman–Crippen LogP) is 4.65. The first-order valence-corrected chi connectivity index (χ1v) is 9.93. The Morgan fingerprint density at radius 3 is 2.83 bits per heavy atom. The molecule has 4 rings (SSSR count). The zero-order valence-corrected chi connectivity index (χ0v) is 16.0. The van der Waals surface area contributed by atoms with Gasteiger partial charge in [0.25, 0.3) is 0 Å². The smallest absolute Gasteiger partial charge is 0.321 e. The summed E-state index contributed by atoms with van der Waals surface area (Å²) in [5.74, 6) is -1.14. The van der Waals surface area contributed by atoms with Gasteiger partial charge in [-0.05, 0) is 73.2 Å². The van der Waals surface area contributed by atoms with Gasteiger partial charge in [-0.1, -0.05) is 0 Å². The van der Waals surface area contributed by atoms with Gasteiger partial charge >= 0.3 is 6.03 Å². The molecule has 0 spiro atoms. The molecule has 2 aliphatic rings. The third-order valence-electron chi connectivity index (χ3n) is 5.59. The molecule has 0 aliphatic carbocycles. The van der Waals surface area contributed by atoms with Gasteiger partial charge in [0.05, 0.1) is 0 Å². The summed E-state index contributed by atoms with van der Waals surface area (Å²) >= 11 is 0. The molecule has 2 N–H and O–H groups in total. The van der Waals surface area contributed by atoms with Gasteiger partial charge in [-0.15, -0.1) is 0 Å². The highest BCUT2D eigenvalue weighted by molar-refractivity contribution is 5.94. The lowest BCUT2D eigenvalue weighted by molar-refractivity contribution is -0.116. The van der Waals surface area contributed by atoms with Gasteiger partial charge in [0.2, 0.25) is 5.91 Å². The molecule has 3 amide bonds. The Morgan fingerprint density at radius 1 is 1.10 bits per heavy atom. The second-order valence-corrected chi connectivity index (χ2v) is 7.65. The Hall–Kier alpha value is -2.96. The first kappa shape index (κ1) is 19.4. The molecular formula is C22H23F2N3O2. The van der Waals surface area contributed by atoms with E-state index >= 15 is 0 Å². The summed E-state index contributed by atoms with van der Waals surface area (Å²) < 4.78 is 27.7. The Kier molecular flexibility index (Phi) is 5.47. The molecule has 1 unspecified atom stereocenters. The number of aryl methyl sites for hydroxylation is 1. The van der Waals surface area contributed by atoms with Crippen molar-refractivity contribution in [1.82, 2.24) is 4.90 Å². The minimum atomic E-state index is -0.472. The molecule has 29 heavy (non-hydrogen) atoms. The second-order valence-electron chi connectivity index (χ2n) is 7.65. The Morgan fingerprint density at radius 2 is 1.97 bits per heavy atom. The lowest BCUT2D eigenvalue weighted by Gasteiger charge is -2.33. The van der Waals surface area contributed by atoms with Crippen LogP contribution in [0.2, 0.25) is 0 Å². The van der Waals surface area contributed by atoms with Gasteiger partial charge < -0.3 is 15.5 Å². The fourth-order valence-corrected chi connectivity index (χ4v) is 4.10. The predicted molar refractivity (Wildman–Crippen MR) is 107 cm³/mol. The number of likely N-dealkylation sites (tertiary alicyclic amines) is 1. The standard InChI is InChI=1S/C22H23F2N3O2/c23-16-6-8-19(24)18(12-16)15-4-2-10-27(13-15)22(29)25-17-7-9-20-14(11-17)3-1-5-21(28)26-20/h6-9,11-12,15H,1-5,10,13H2,(H,25,29)(H,26,28). The van der Waals surface area contributed by atoms with Crippen LogP contribution in [0.5, 0.6) is 0 Å². The number of nitrogens with zero attached hydrogens (tertiary/aromatic N) is 1. The van der Waals surface area contributed by atoms with Crippen molar-refractivity contribution in [1.29, 1.82) is 0 Å². The highest BCUT2D eigenvalue weighted by Crippen LogP contribution is 2.30. The number of nitrogens with one attached hydrogen (secondary N) is 2. The highest BCUT2D eigenvalue weighted by atomic mass is 19.1. The molecule has 7 heteroatoms. The van der Waals surface area contributed by atoms with Crippen LogP contribution in [0.15, 0.2) is 36.4 Å². The Labute approximate surface area is 168 Å². The van der Waals surface area contributed by atoms with E-state index in [0.717, 1.165) is 42.6 Å². The van der Waals surface area contributed by atoms with Gasteiger partial charge in [0.15, 0.2) is 0 Å². The van der Waals surface area contributed by atoms with Crippen molar-refractivity contribution in [3.63, 3.8) is 0 Å². The first-order chi connectivity index (χ1) is 14.0. The van der Waals surface area contributed by atoms with E-state index in [1.165, 1.54) is 6.07 Å². The number of halogens is 2. The number of rotatable bonds is 2. The van der Waals surface area contributed by atoms with Gasteiger partial charge in [-0.2, -0.15) is 0 Å². The zero-order valence-electron chi connectivity index (χ0n) is 16.0. The molecular weight excluding hydrogens is 376 g/mol. The van der Waals surface area contributed by atoms with E-state index in [-0.39, 0.29) is 17.9 Å². The summed E-state index contributed by atoms with van der Waals surface area (Å²) in [5, 5.41) is 5.77. The van der Waals surface area contributed by atoms with Crippen molar-refractivity contribution in [2.24, 2.45) is 0 Å². The van der Waals surface area contributed by atoms with Gasteiger partial charge in [-0.3, -0.25) is 4.79 Å². The number of carbonyl (C=O) groups is 2. The van der Waals surface area contributed by atoms with Crippen molar-refractivity contribution in [3.8, 4) is 0 Å². The van der Waals surface area contributed by atoms with E-state index in [9.17, 15) is 18.4 Å². The maximum atomic E-state index is 14.1. The minimum Gasteiger partial charge on any atom is -0.326 e. The SMILES string of the molecule is O=C1CCCc2cc(NC(=O)N3CCCC(c4cc(F)ccc4F)C3)ccc2N1.